The number of rotatable bonds is 6. The molecule has 21 heavy (non-hydrogen) atoms. The van der Waals surface area contributed by atoms with Crippen LogP contribution in [0.1, 0.15) is 42.6 Å². The highest BCUT2D eigenvalue weighted by Gasteiger charge is 2.18. The van der Waals surface area contributed by atoms with Crippen LogP contribution in [0.2, 0.25) is 0 Å². The molecular weight excluding hydrogens is 334 g/mol. The van der Waals surface area contributed by atoms with Crippen molar-refractivity contribution >= 4 is 21.8 Å². The van der Waals surface area contributed by atoms with E-state index in [4.69, 9.17) is 10.5 Å². The molecule has 1 fully saturated rings. The molecule has 5 nitrogen and oxygen atoms in total. The van der Waals surface area contributed by atoms with Crippen molar-refractivity contribution in [1.82, 2.24) is 10.3 Å². The lowest BCUT2D eigenvalue weighted by atomic mass is 9.94. The molecule has 1 aliphatic rings. The zero-order valence-corrected chi connectivity index (χ0v) is 13.6. The van der Waals surface area contributed by atoms with Gasteiger partial charge in [0.25, 0.3) is 5.91 Å². The van der Waals surface area contributed by atoms with E-state index < -0.39 is 0 Å². The first-order valence-corrected chi connectivity index (χ1v) is 8.21. The molecule has 1 aliphatic carbocycles. The van der Waals surface area contributed by atoms with Crippen LogP contribution in [0, 0.1) is 0 Å². The fraction of sp³-hybridized carbons (Fsp3) is 0.600. The van der Waals surface area contributed by atoms with Crippen LogP contribution < -0.4 is 11.1 Å². The van der Waals surface area contributed by atoms with Gasteiger partial charge in [0.15, 0.2) is 0 Å². The molecule has 0 aliphatic heterocycles. The van der Waals surface area contributed by atoms with Crippen LogP contribution in [0.3, 0.4) is 0 Å². The van der Waals surface area contributed by atoms with Crippen LogP contribution in [-0.2, 0) is 4.74 Å². The van der Waals surface area contributed by atoms with Gasteiger partial charge in [0.1, 0.15) is 5.69 Å². The smallest absolute Gasteiger partial charge is 0.269 e. The van der Waals surface area contributed by atoms with Crippen LogP contribution >= 0.6 is 15.9 Å². The molecule has 1 aromatic heterocycles. The summed E-state index contributed by atoms with van der Waals surface area (Å²) in [7, 11) is 0. The minimum absolute atomic E-state index is 0.147. The molecule has 1 saturated carbocycles. The summed E-state index contributed by atoms with van der Waals surface area (Å²) in [4.78, 5) is 15.9. The minimum Gasteiger partial charge on any atom is -0.378 e. The van der Waals surface area contributed by atoms with Gasteiger partial charge in [0.05, 0.1) is 6.10 Å². The topological polar surface area (TPSA) is 77.2 Å². The second-order valence-corrected chi connectivity index (χ2v) is 6.29. The van der Waals surface area contributed by atoms with Crippen molar-refractivity contribution in [3.63, 3.8) is 0 Å². The Balaban J connectivity index is 1.57. The van der Waals surface area contributed by atoms with Gasteiger partial charge in [-0.3, -0.25) is 4.79 Å². The van der Waals surface area contributed by atoms with E-state index in [1.807, 2.05) is 0 Å². The summed E-state index contributed by atoms with van der Waals surface area (Å²) in [6.45, 7) is 1.27. The average molecular weight is 356 g/mol. The Kier molecular flexibility index (Phi) is 6.60. The molecule has 0 bridgehead atoms. The van der Waals surface area contributed by atoms with E-state index in [-0.39, 0.29) is 5.91 Å². The predicted molar refractivity (Wildman–Crippen MR) is 85.1 cm³/mol. The highest BCUT2D eigenvalue weighted by molar-refractivity contribution is 9.10. The van der Waals surface area contributed by atoms with Gasteiger partial charge in [-0.05, 0) is 60.2 Å². The van der Waals surface area contributed by atoms with Gasteiger partial charge in [0, 0.05) is 29.9 Å². The molecule has 1 amide bonds. The van der Waals surface area contributed by atoms with Crippen LogP contribution in [0.15, 0.2) is 22.8 Å². The van der Waals surface area contributed by atoms with Gasteiger partial charge in [0.2, 0.25) is 0 Å². The summed E-state index contributed by atoms with van der Waals surface area (Å²) in [5.74, 6) is -0.147. The standard InChI is InChI=1S/C15H22BrN3O2/c16-11-2-7-14(19-10-11)15(20)18-8-1-9-21-13-5-3-12(17)4-6-13/h2,7,10,12-13H,1,3-6,8-9,17H2,(H,18,20). The van der Waals surface area contributed by atoms with Gasteiger partial charge >= 0.3 is 0 Å². The number of aromatic nitrogens is 1. The number of nitrogens with zero attached hydrogens (tertiary/aromatic N) is 1. The van der Waals surface area contributed by atoms with Crippen molar-refractivity contribution in [3.05, 3.63) is 28.5 Å². The number of amides is 1. The first-order chi connectivity index (χ1) is 10.1. The van der Waals surface area contributed by atoms with Crippen molar-refractivity contribution in [3.8, 4) is 0 Å². The molecule has 0 saturated heterocycles. The first kappa shape index (κ1) is 16.4. The quantitative estimate of drug-likeness (QED) is 0.767. The molecule has 0 spiro atoms. The summed E-state index contributed by atoms with van der Waals surface area (Å²) in [6, 6.07) is 3.85. The van der Waals surface area contributed by atoms with Gasteiger partial charge < -0.3 is 15.8 Å². The number of ether oxygens (including phenoxy) is 1. The van der Waals surface area contributed by atoms with E-state index in [1.54, 1.807) is 18.3 Å². The fourth-order valence-electron chi connectivity index (χ4n) is 2.38. The normalized spacial score (nSPS) is 22.0. The third kappa shape index (κ3) is 5.73. The predicted octanol–water partition coefficient (Wildman–Crippen LogP) is 2.25. The summed E-state index contributed by atoms with van der Waals surface area (Å²) >= 11 is 3.29. The lowest BCUT2D eigenvalue weighted by Gasteiger charge is -2.26. The summed E-state index contributed by atoms with van der Waals surface area (Å²) in [5, 5.41) is 2.85. The summed E-state index contributed by atoms with van der Waals surface area (Å²) < 4.78 is 6.67. The third-order valence-electron chi connectivity index (χ3n) is 3.64. The Morgan fingerprint density at radius 2 is 2.14 bits per heavy atom. The Hall–Kier alpha value is -0.980. The van der Waals surface area contributed by atoms with E-state index in [0.29, 0.717) is 31.0 Å². The van der Waals surface area contributed by atoms with E-state index in [1.165, 1.54) is 0 Å². The number of nitrogens with one attached hydrogen (secondary N) is 1. The molecule has 0 unspecified atom stereocenters. The molecule has 0 radical (unpaired) electrons. The Bertz CT molecular complexity index is 445. The van der Waals surface area contributed by atoms with Crippen molar-refractivity contribution in [2.45, 2.75) is 44.2 Å². The number of pyridine rings is 1. The molecule has 0 atom stereocenters. The van der Waals surface area contributed by atoms with Crippen molar-refractivity contribution < 1.29 is 9.53 Å². The molecule has 3 N–H and O–H groups in total. The monoisotopic (exact) mass is 355 g/mol. The molecule has 6 heteroatoms. The Morgan fingerprint density at radius 3 is 2.81 bits per heavy atom. The van der Waals surface area contributed by atoms with Crippen molar-refractivity contribution in [2.24, 2.45) is 5.73 Å². The SMILES string of the molecule is NC1CCC(OCCCNC(=O)c2ccc(Br)cn2)CC1. The first-order valence-electron chi connectivity index (χ1n) is 7.42. The van der Waals surface area contributed by atoms with Crippen LogP contribution in [0.5, 0.6) is 0 Å². The largest absolute Gasteiger partial charge is 0.378 e. The number of carbonyl (C=O) groups excluding carboxylic acids is 1. The van der Waals surface area contributed by atoms with Crippen molar-refractivity contribution in [2.75, 3.05) is 13.2 Å². The third-order valence-corrected chi connectivity index (χ3v) is 4.11. The second-order valence-electron chi connectivity index (χ2n) is 5.38. The molecule has 2 rings (SSSR count). The van der Waals surface area contributed by atoms with E-state index in [9.17, 15) is 4.79 Å². The number of hydrogen-bond donors (Lipinski definition) is 2. The maximum Gasteiger partial charge on any atom is 0.269 e. The van der Waals surface area contributed by atoms with Crippen molar-refractivity contribution in [1.29, 1.82) is 0 Å². The molecule has 116 valence electrons. The number of carbonyl (C=O) groups is 1. The molecular formula is C15H22BrN3O2. The highest BCUT2D eigenvalue weighted by Crippen LogP contribution is 2.19. The molecule has 0 aromatic carbocycles. The second kappa shape index (κ2) is 8.46. The minimum atomic E-state index is -0.147. The van der Waals surface area contributed by atoms with Gasteiger partial charge in [-0.2, -0.15) is 0 Å². The average Bonchev–Trinajstić information content (AvgIpc) is 2.49. The van der Waals surface area contributed by atoms with Gasteiger partial charge in [-0.1, -0.05) is 0 Å². The number of hydrogen-bond acceptors (Lipinski definition) is 4. The maximum absolute atomic E-state index is 11.8. The lowest BCUT2D eigenvalue weighted by Crippen LogP contribution is -2.31. The van der Waals surface area contributed by atoms with E-state index in [2.05, 4.69) is 26.2 Å². The van der Waals surface area contributed by atoms with E-state index >= 15 is 0 Å². The zero-order valence-electron chi connectivity index (χ0n) is 12.1. The van der Waals surface area contributed by atoms with Crippen LogP contribution in [-0.4, -0.2) is 36.2 Å². The zero-order chi connectivity index (χ0) is 15.1. The number of halogens is 1. The van der Waals surface area contributed by atoms with Gasteiger partial charge in [-0.25, -0.2) is 4.98 Å². The summed E-state index contributed by atoms with van der Waals surface area (Å²) in [6.07, 6.45) is 6.98. The maximum atomic E-state index is 11.8. The van der Waals surface area contributed by atoms with Crippen LogP contribution in [0.25, 0.3) is 0 Å². The van der Waals surface area contributed by atoms with Gasteiger partial charge in [-0.15, -0.1) is 0 Å². The Morgan fingerprint density at radius 1 is 1.38 bits per heavy atom. The number of nitrogens with two attached hydrogens (primary N) is 1. The molecule has 1 heterocycles. The fourth-order valence-corrected chi connectivity index (χ4v) is 2.61. The summed E-state index contributed by atoms with van der Waals surface area (Å²) in [5.41, 5.74) is 6.29. The lowest BCUT2D eigenvalue weighted by molar-refractivity contribution is 0.0241. The van der Waals surface area contributed by atoms with Crippen LogP contribution in [0.4, 0.5) is 0 Å². The highest BCUT2D eigenvalue weighted by atomic mass is 79.9. The van der Waals surface area contributed by atoms with E-state index in [0.717, 1.165) is 36.6 Å². The Labute approximate surface area is 133 Å². The molecule has 1 aromatic rings.